The number of rotatable bonds is 7. The number of thiazole rings is 1. The fourth-order valence-corrected chi connectivity index (χ4v) is 6.85. The molecule has 2 aliphatic heterocycles. The van der Waals surface area contributed by atoms with Crippen molar-refractivity contribution in [2.24, 2.45) is 0 Å². The lowest BCUT2D eigenvalue weighted by Gasteiger charge is -2.36. The molecule has 0 spiro atoms. The summed E-state index contributed by atoms with van der Waals surface area (Å²) in [5.41, 5.74) is 2.56. The van der Waals surface area contributed by atoms with E-state index in [1.807, 2.05) is 22.4 Å². The smallest absolute Gasteiger partial charge is 0.316 e. The summed E-state index contributed by atoms with van der Waals surface area (Å²) in [6.07, 6.45) is 5.47. The van der Waals surface area contributed by atoms with Gasteiger partial charge in [-0.25, -0.2) is 15.0 Å². The number of carbonyl (C=O) groups excluding carboxylic acids is 2. The van der Waals surface area contributed by atoms with Crippen molar-refractivity contribution in [3.05, 3.63) is 41.2 Å². The number of piperazine rings is 1. The molecule has 3 aromatic rings. The van der Waals surface area contributed by atoms with Gasteiger partial charge in [0.15, 0.2) is 5.16 Å². The molecular formula is C24H26N6O3S3. The van der Waals surface area contributed by atoms with E-state index in [2.05, 4.69) is 21.8 Å². The fraction of sp³-hybridized carbons (Fsp3) is 0.417. The first kappa shape index (κ1) is 25.0. The number of hydrogen-bond acceptors (Lipinski definition) is 11. The normalized spacial score (nSPS) is 17.2. The van der Waals surface area contributed by atoms with Crippen LogP contribution in [-0.4, -0.2) is 81.0 Å². The second kappa shape index (κ2) is 11.1. The molecule has 1 atom stereocenters. The van der Waals surface area contributed by atoms with Crippen molar-refractivity contribution < 1.29 is 14.3 Å². The summed E-state index contributed by atoms with van der Waals surface area (Å²) >= 11 is 4.54. The lowest BCUT2D eigenvalue weighted by Crippen LogP contribution is -2.49. The average Bonchev–Trinajstić information content (AvgIpc) is 3.59. The summed E-state index contributed by atoms with van der Waals surface area (Å²) in [5, 5.41) is 4.68. The second-order valence-corrected chi connectivity index (χ2v) is 11.5. The van der Waals surface area contributed by atoms with Gasteiger partial charge in [0.25, 0.3) is 5.91 Å². The molecule has 0 saturated carbocycles. The van der Waals surface area contributed by atoms with Crippen molar-refractivity contribution >= 4 is 52.6 Å². The van der Waals surface area contributed by atoms with Crippen LogP contribution in [0.3, 0.4) is 0 Å². The van der Waals surface area contributed by atoms with Crippen LogP contribution in [0.15, 0.2) is 40.1 Å². The third-order valence-electron chi connectivity index (χ3n) is 6.14. The number of anilines is 1. The Bertz CT molecular complexity index is 1250. The maximum atomic E-state index is 13.1. The minimum absolute atomic E-state index is 0.0510. The first-order valence-corrected chi connectivity index (χ1v) is 14.5. The van der Waals surface area contributed by atoms with E-state index in [1.54, 1.807) is 24.2 Å². The molecule has 0 aromatic carbocycles. The van der Waals surface area contributed by atoms with Crippen LogP contribution in [0.1, 0.15) is 29.4 Å². The zero-order valence-corrected chi connectivity index (χ0v) is 22.5. The number of nitrogens with zero attached hydrogens (tertiary/aromatic N) is 6. The third kappa shape index (κ3) is 5.35. The summed E-state index contributed by atoms with van der Waals surface area (Å²) in [4.78, 5) is 47.2. The largest absolute Gasteiger partial charge is 0.468 e. The van der Waals surface area contributed by atoms with Crippen molar-refractivity contribution in [2.45, 2.75) is 35.2 Å². The van der Waals surface area contributed by atoms with Crippen molar-refractivity contribution in [1.82, 2.24) is 24.8 Å². The van der Waals surface area contributed by atoms with E-state index in [4.69, 9.17) is 14.7 Å². The summed E-state index contributed by atoms with van der Waals surface area (Å²) in [5.74, 6) is 0.749. The van der Waals surface area contributed by atoms with Crippen molar-refractivity contribution in [1.29, 1.82) is 0 Å². The Kier molecular flexibility index (Phi) is 7.73. The highest BCUT2D eigenvalue weighted by atomic mass is 32.2. The molecule has 1 amide bonds. The van der Waals surface area contributed by atoms with Gasteiger partial charge in [-0.15, -0.1) is 23.1 Å². The zero-order valence-electron chi connectivity index (χ0n) is 20.0. The number of pyridine rings is 1. The van der Waals surface area contributed by atoms with Gasteiger partial charge < -0.3 is 14.5 Å². The standard InChI is InChI=1S/C24H26N6O3S3/c1-3-16-11-17-20(27-24(28-22(17)36-16)35-14-19(31)33-2)29-7-9-30(10-8-29)23(32)18-13-34-21(26-18)15-5-4-6-25-12-15/h4-6,12-13,16H,3,7-11,14H2,1-2H3. The highest BCUT2D eigenvalue weighted by molar-refractivity contribution is 8.00. The number of amides is 1. The lowest BCUT2D eigenvalue weighted by atomic mass is 10.1. The molecule has 5 rings (SSSR count). The zero-order chi connectivity index (χ0) is 25.1. The Morgan fingerprint density at radius 1 is 1.19 bits per heavy atom. The Morgan fingerprint density at radius 2 is 2.03 bits per heavy atom. The number of esters is 1. The molecule has 1 saturated heterocycles. The van der Waals surface area contributed by atoms with Crippen molar-refractivity contribution in [2.75, 3.05) is 43.9 Å². The van der Waals surface area contributed by atoms with E-state index in [0.717, 1.165) is 34.3 Å². The van der Waals surface area contributed by atoms with Gasteiger partial charge in [0.1, 0.15) is 21.5 Å². The maximum absolute atomic E-state index is 13.1. The van der Waals surface area contributed by atoms with Crippen molar-refractivity contribution in [3.8, 4) is 10.6 Å². The third-order valence-corrected chi connectivity index (χ3v) is 9.24. The lowest BCUT2D eigenvalue weighted by molar-refractivity contribution is -0.137. The first-order chi connectivity index (χ1) is 17.6. The molecule has 5 heterocycles. The Morgan fingerprint density at radius 3 is 2.75 bits per heavy atom. The second-order valence-electron chi connectivity index (χ2n) is 8.39. The first-order valence-electron chi connectivity index (χ1n) is 11.7. The van der Waals surface area contributed by atoms with E-state index in [1.165, 1.54) is 35.8 Å². The molecule has 0 radical (unpaired) electrons. The number of ether oxygens (including phenoxy) is 1. The van der Waals surface area contributed by atoms with Crippen LogP contribution in [-0.2, 0) is 16.0 Å². The van der Waals surface area contributed by atoms with E-state index in [-0.39, 0.29) is 17.6 Å². The molecule has 1 unspecified atom stereocenters. The van der Waals surface area contributed by atoms with Crippen molar-refractivity contribution in [3.63, 3.8) is 0 Å². The van der Waals surface area contributed by atoms with Crippen LogP contribution in [0.4, 0.5) is 5.82 Å². The van der Waals surface area contributed by atoms with Gasteiger partial charge in [-0.05, 0) is 25.0 Å². The Balaban J connectivity index is 1.29. The minimum Gasteiger partial charge on any atom is -0.468 e. The molecule has 1 fully saturated rings. The van der Waals surface area contributed by atoms with Crippen LogP contribution in [0, 0.1) is 0 Å². The van der Waals surface area contributed by atoms with Crippen LogP contribution in [0.2, 0.25) is 0 Å². The number of aromatic nitrogens is 4. The molecule has 188 valence electrons. The molecular weight excluding hydrogens is 517 g/mol. The average molecular weight is 543 g/mol. The molecule has 0 bridgehead atoms. The van der Waals surface area contributed by atoms with Crippen LogP contribution in [0.5, 0.6) is 0 Å². The van der Waals surface area contributed by atoms with Gasteiger partial charge >= 0.3 is 5.97 Å². The number of thioether (sulfide) groups is 2. The predicted molar refractivity (Wildman–Crippen MR) is 142 cm³/mol. The highest BCUT2D eigenvalue weighted by Crippen LogP contribution is 2.42. The SMILES string of the molecule is CCC1Cc2c(nc(SCC(=O)OC)nc2N2CCN(C(=O)c3csc(-c4cccnc4)n3)CC2)S1. The van der Waals surface area contributed by atoms with Gasteiger partial charge in [-0.2, -0.15) is 0 Å². The molecule has 3 aromatic heterocycles. The van der Waals surface area contributed by atoms with Gasteiger partial charge in [0.2, 0.25) is 0 Å². The maximum Gasteiger partial charge on any atom is 0.316 e. The molecule has 36 heavy (non-hydrogen) atoms. The fourth-order valence-electron chi connectivity index (χ4n) is 4.15. The molecule has 2 aliphatic rings. The van der Waals surface area contributed by atoms with E-state index in [9.17, 15) is 9.59 Å². The minimum atomic E-state index is -0.300. The summed E-state index contributed by atoms with van der Waals surface area (Å²) in [7, 11) is 1.38. The monoisotopic (exact) mass is 542 g/mol. The number of methoxy groups -OCH3 is 1. The molecule has 9 nitrogen and oxygen atoms in total. The number of carbonyl (C=O) groups is 2. The number of hydrogen-bond donors (Lipinski definition) is 0. The quantitative estimate of drug-likeness (QED) is 0.190. The van der Waals surface area contributed by atoms with Gasteiger partial charge in [-0.3, -0.25) is 14.6 Å². The van der Waals surface area contributed by atoms with Gasteiger partial charge in [0, 0.05) is 60.3 Å². The Labute approximate surface area is 222 Å². The number of fused-ring (bicyclic) bond motifs is 1. The summed E-state index contributed by atoms with van der Waals surface area (Å²) < 4.78 is 4.77. The molecule has 0 N–H and O–H groups in total. The van der Waals surface area contributed by atoms with Gasteiger partial charge in [-0.1, -0.05) is 18.7 Å². The van der Waals surface area contributed by atoms with Crippen LogP contribution >= 0.6 is 34.9 Å². The summed E-state index contributed by atoms with van der Waals surface area (Å²) in [6, 6.07) is 3.81. The summed E-state index contributed by atoms with van der Waals surface area (Å²) in [6.45, 7) is 4.72. The molecule has 0 aliphatic carbocycles. The Hall–Kier alpha value is -2.70. The predicted octanol–water partition coefficient (Wildman–Crippen LogP) is 3.65. The van der Waals surface area contributed by atoms with E-state index >= 15 is 0 Å². The van der Waals surface area contributed by atoms with Gasteiger partial charge in [0.05, 0.1) is 12.9 Å². The van der Waals surface area contributed by atoms with E-state index in [0.29, 0.717) is 42.3 Å². The van der Waals surface area contributed by atoms with Crippen LogP contribution in [0.25, 0.3) is 10.6 Å². The van der Waals surface area contributed by atoms with E-state index < -0.39 is 0 Å². The van der Waals surface area contributed by atoms with Crippen LogP contribution < -0.4 is 4.90 Å². The molecule has 12 heteroatoms. The topological polar surface area (TPSA) is 101 Å². The highest BCUT2D eigenvalue weighted by Gasteiger charge is 2.32.